The standard InChI is InChI=1S/C11H11N3O2/c1-14-8(7-11(15)16)4-5-10(14)9-3-2-6-12-13-9/h2-6H,7H2,1H3,(H,15,16). The lowest BCUT2D eigenvalue weighted by Gasteiger charge is -2.04. The molecule has 0 radical (unpaired) electrons. The van der Waals surface area contributed by atoms with Crippen LogP contribution in [0, 0.1) is 0 Å². The number of aromatic nitrogens is 3. The molecule has 0 aromatic carbocycles. The number of hydrogen-bond acceptors (Lipinski definition) is 3. The van der Waals surface area contributed by atoms with Crippen molar-refractivity contribution < 1.29 is 9.90 Å². The Morgan fingerprint density at radius 1 is 1.44 bits per heavy atom. The molecule has 0 spiro atoms. The van der Waals surface area contributed by atoms with E-state index in [4.69, 9.17) is 5.11 Å². The Morgan fingerprint density at radius 2 is 2.25 bits per heavy atom. The van der Waals surface area contributed by atoms with Gasteiger partial charge in [0.05, 0.1) is 12.1 Å². The Morgan fingerprint density at radius 3 is 2.88 bits per heavy atom. The highest BCUT2D eigenvalue weighted by molar-refractivity contribution is 5.70. The van der Waals surface area contributed by atoms with Crippen molar-refractivity contribution in [2.45, 2.75) is 6.42 Å². The molecule has 0 unspecified atom stereocenters. The van der Waals surface area contributed by atoms with Gasteiger partial charge in [-0.25, -0.2) is 0 Å². The van der Waals surface area contributed by atoms with E-state index in [2.05, 4.69) is 10.2 Å². The third-order valence-electron chi connectivity index (χ3n) is 2.39. The van der Waals surface area contributed by atoms with Crippen molar-refractivity contribution in [3.05, 3.63) is 36.2 Å². The highest BCUT2D eigenvalue weighted by atomic mass is 16.4. The van der Waals surface area contributed by atoms with Gasteiger partial charge in [-0.05, 0) is 24.3 Å². The molecule has 0 fully saturated rings. The first kappa shape index (κ1) is 10.4. The summed E-state index contributed by atoms with van der Waals surface area (Å²) >= 11 is 0. The Bertz CT molecular complexity index is 505. The van der Waals surface area contributed by atoms with Crippen LogP contribution in [0.3, 0.4) is 0 Å². The molecule has 0 saturated carbocycles. The minimum absolute atomic E-state index is 0.0107. The summed E-state index contributed by atoms with van der Waals surface area (Å²) < 4.78 is 1.82. The van der Waals surface area contributed by atoms with Gasteiger partial charge in [0.2, 0.25) is 0 Å². The maximum absolute atomic E-state index is 10.6. The van der Waals surface area contributed by atoms with Crippen LogP contribution in [0.5, 0.6) is 0 Å². The van der Waals surface area contributed by atoms with Gasteiger partial charge in [0, 0.05) is 18.9 Å². The van der Waals surface area contributed by atoms with Crippen LogP contribution in [0.4, 0.5) is 0 Å². The van der Waals surface area contributed by atoms with Gasteiger partial charge in [-0.3, -0.25) is 4.79 Å². The quantitative estimate of drug-likeness (QED) is 0.836. The Hall–Kier alpha value is -2.17. The first-order chi connectivity index (χ1) is 7.68. The van der Waals surface area contributed by atoms with E-state index in [-0.39, 0.29) is 6.42 Å². The van der Waals surface area contributed by atoms with E-state index < -0.39 is 5.97 Å². The molecule has 2 heterocycles. The fraction of sp³-hybridized carbons (Fsp3) is 0.182. The lowest BCUT2D eigenvalue weighted by Crippen LogP contribution is -2.06. The summed E-state index contributed by atoms with van der Waals surface area (Å²) in [5, 5.41) is 16.5. The molecule has 0 aliphatic rings. The van der Waals surface area contributed by atoms with Crippen molar-refractivity contribution in [2.24, 2.45) is 7.05 Å². The molecule has 0 aliphatic carbocycles. The fourth-order valence-electron chi connectivity index (χ4n) is 1.58. The van der Waals surface area contributed by atoms with E-state index >= 15 is 0 Å². The largest absolute Gasteiger partial charge is 0.481 e. The van der Waals surface area contributed by atoms with E-state index in [1.165, 1.54) is 0 Å². The van der Waals surface area contributed by atoms with Gasteiger partial charge in [-0.1, -0.05) is 0 Å². The first-order valence-corrected chi connectivity index (χ1v) is 4.83. The van der Waals surface area contributed by atoms with E-state index in [1.807, 2.05) is 23.7 Å². The van der Waals surface area contributed by atoms with Crippen LogP contribution in [0.1, 0.15) is 5.69 Å². The number of nitrogens with zero attached hydrogens (tertiary/aromatic N) is 3. The molecule has 82 valence electrons. The van der Waals surface area contributed by atoms with Gasteiger partial charge in [-0.15, -0.1) is 5.10 Å². The highest BCUT2D eigenvalue weighted by Crippen LogP contribution is 2.18. The average molecular weight is 217 g/mol. The number of carboxylic acids is 1. The second-order valence-electron chi connectivity index (χ2n) is 3.45. The molecule has 2 aromatic rings. The van der Waals surface area contributed by atoms with Gasteiger partial charge in [0.15, 0.2) is 0 Å². The average Bonchev–Trinajstić information content (AvgIpc) is 2.61. The molecule has 0 bridgehead atoms. The van der Waals surface area contributed by atoms with Gasteiger partial charge in [0.1, 0.15) is 5.69 Å². The van der Waals surface area contributed by atoms with Gasteiger partial charge in [0.25, 0.3) is 0 Å². The summed E-state index contributed by atoms with van der Waals surface area (Å²) in [4.78, 5) is 10.6. The lowest BCUT2D eigenvalue weighted by atomic mass is 10.3. The predicted molar refractivity (Wildman–Crippen MR) is 57.8 cm³/mol. The monoisotopic (exact) mass is 217 g/mol. The molecule has 1 N–H and O–H groups in total. The minimum atomic E-state index is -0.841. The maximum Gasteiger partial charge on any atom is 0.309 e. The van der Waals surface area contributed by atoms with E-state index in [0.717, 1.165) is 17.1 Å². The molecule has 5 heteroatoms. The summed E-state index contributed by atoms with van der Waals surface area (Å²) in [5.41, 5.74) is 2.35. The van der Waals surface area contributed by atoms with Crippen molar-refractivity contribution >= 4 is 5.97 Å². The third kappa shape index (κ3) is 1.93. The number of rotatable bonds is 3. The minimum Gasteiger partial charge on any atom is -0.481 e. The van der Waals surface area contributed by atoms with Crippen LogP contribution in [0.2, 0.25) is 0 Å². The van der Waals surface area contributed by atoms with Gasteiger partial charge < -0.3 is 9.67 Å². The maximum atomic E-state index is 10.6. The van der Waals surface area contributed by atoms with Crippen molar-refractivity contribution in [1.29, 1.82) is 0 Å². The summed E-state index contributed by atoms with van der Waals surface area (Å²) in [6.45, 7) is 0. The molecule has 0 saturated heterocycles. The second kappa shape index (κ2) is 4.14. The highest BCUT2D eigenvalue weighted by Gasteiger charge is 2.10. The summed E-state index contributed by atoms with van der Waals surface area (Å²) in [5.74, 6) is -0.841. The molecular formula is C11H11N3O2. The molecule has 16 heavy (non-hydrogen) atoms. The normalized spacial score (nSPS) is 10.3. The molecule has 0 atom stereocenters. The van der Waals surface area contributed by atoms with E-state index in [0.29, 0.717) is 0 Å². The zero-order valence-electron chi connectivity index (χ0n) is 8.79. The number of carbonyl (C=O) groups is 1. The van der Waals surface area contributed by atoms with E-state index in [9.17, 15) is 4.79 Å². The Kier molecular flexibility index (Phi) is 2.68. The molecule has 2 rings (SSSR count). The number of hydrogen-bond donors (Lipinski definition) is 1. The predicted octanol–water partition coefficient (Wildman–Crippen LogP) is 1.11. The fourth-order valence-corrected chi connectivity index (χ4v) is 1.58. The lowest BCUT2D eigenvalue weighted by molar-refractivity contribution is -0.136. The van der Waals surface area contributed by atoms with Crippen molar-refractivity contribution in [3.8, 4) is 11.4 Å². The number of aliphatic carboxylic acids is 1. The smallest absolute Gasteiger partial charge is 0.309 e. The summed E-state index contributed by atoms with van der Waals surface area (Å²) in [6, 6.07) is 7.28. The van der Waals surface area contributed by atoms with Gasteiger partial charge in [-0.2, -0.15) is 5.10 Å². The molecule has 2 aromatic heterocycles. The Balaban J connectivity index is 2.37. The third-order valence-corrected chi connectivity index (χ3v) is 2.39. The molecule has 0 aliphatic heterocycles. The van der Waals surface area contributed by atoms with Crippen LogP contribution >= 0.6 is 0 Å². The van der Waals surface area contributed by atoms with Crippen LogP contribution in [0.15, 0.2) is 30.5 Å². The van der Waals surface area contributed by atoms with Gasteiger partial charge >= 0.3 is 5.97 Å². The number of carboxylic acid groups (broad SMARTS) is 1. The summed E-state index contributed by atoms with van der Waals surface area (Å²) in [6.07, 6.45) is 1.61. The zero-order chi connectivity index (χ0) is 11.5. The van der Waals surface area contributed by atoms with Crippen LogP contribution in [-0.2, 0) is 18.3 Å². The van der Waals surface area contributed by atoms with Crippen molar-refractivity contribution in [3.63, 3.8) is 0 Å². The second-order valence-corrected chi connectivity index (χ2v) is 3.45. The van der Waals surface area contributed by atoms with Crippen LogP contribution in [-0.4, -0.2) is 25.8 Å². The molecule has 5 nitrogen and oxygen atoms in total. The SMILES string of the molecule is Cn1c(CC(=O)O)ccc1-c1cccnn1. The first-order valence-electron chi connectivity index (χ1n) is 4.83. The van der Waals surface area contributed by atoms with Crippen LogP contribution < -0.4 is 0 Å². The zero-order valence-corrected chi connectivity index (χ0v) is 8.79. The van der Waals surface area contributed by atoms with Crippen molar-refractivity contribution in [2.75, 3.05) is 0 Å². The summed E-state index contributed by atoms with van der Waals surface area (Å²) in [7, 11) is 1.82. The Labute approximate surface area is 92.4 Å². The van der Waals surface area contributed by atoms with Crippen LogP contribution in [0.25, 0.3) is 11.4 Å². The van der Waals surface area contributed by atoms with Crippen molar-refractivity contribution in [1.82, 2.24) is 14.8 Å². The molecular weight excluding hydrogens is 206 g/mol. The topological polar surface area (TPSA) is 68.0 Å². The van der Waals surface area contributed by atoms with E-state index in [1.54, 1.807) is 18.3 Å². The molecule has 0 amide bonds.